The van der Waals surface area contributed by atoms with Gasteiger partial charge in [0.15, 0.2) is 0 Å². The number of hydrogen-bond acceptors (Lipinski definition) is 2. The topological polar surface area (TPSA) is 49.3 Å². The van der Waals surface area contributed by atoms with Crippen molar-refractivity contribution in [3.63, 3.8) is 0 Å². The molecule has 0 radical (unpaired) electrons. The second-order valence-electron chi connectivity index (χ2n) is 3.52. The van der Waals surface area contributed by atoms with Gasteiger partial charge in [0.25, 0.3) is 0 Å². The predicted molar refractivity (Wildman–Crippen MR) is 73.6 cm³/mol. The zero-order chi connectivity index (χ0) is 12.3. The van der Waals surface area contributed by atoms with E-state index in [-0.39, 0.29) is 0 Å². The summed E-state index contributed by atoms with van der Waals surface area (Å²) in [6.45, 7) is 0. The minimum absolute atomic E-state index is 0.534. The van der Waals surface area contributed by atoms with Crippen molar-refractivity contribution in [1.29, 1.82) is 0 Å². The van der Waals surface area contributed by atoms with Crippen LogP contribution < -0.4 is 4.72 Å². The van der Waals surface area contributed by atoms with Crippen LogP contribution >= 0.6 is 0 Å². The molecule has 2 rings (SSSR count). The average molecular weight is 265 g/mol. The molecule has 3 nitrogen and oxygen atoms in total. The molecule has 1 atom stereocenters. The smallest absolute Gasteiger partial charge is 0.229 e. The molecule has 1 unspecified atom stereocenters. The first kappa shape index (κ1) is 12.0. The standard InChI is InChI=1S/C12H11NO2S2/c14-17(15,16)13-12-8-6-11(7-9-12)10-4-2-1-3-5-10/h1-9,13H,(H,14,15,16). The van der Waals surface area contributed by atoms with E-state index >= 15 is 0 Å². The van der Waals surface area contributed by atoms with Gasteiger partial charge in [-0.25, -0.2) is 4.21 Å². The number of hydrogen-bond donors (Lipinski definition) is 2. The molecule has 2 aromatic rings. The summed E-state index contributed by atoms with van der Waals surface area (Å²) in [5.74, 6) is 0. The first-order valence-electron chi connectivity index (χ1n) is 4.95. The van der Waals surface area contributed by atoms with Gasteiger partial charge in [-0.15, -0.1) is 0 Å². The van der Waals surface area contributed by atoms with Gasteiger partial charge in [-0.1, -0.05) is 42.5 Å². The highest BCUT2D eigenvalue weighted by atomic mass is 32.8. The van der Waals surface area contributed by atoms with Crippen molar-refractivity contribution >= 4 is 25.8 Å². The lowest BCUT2D eigenvalue weighted by Crippen LogP contribution is -2.08. The molecular formula is C12H11NO2S2. The van der Waals surface area contributed by atoms with Crippen LogP contribution in [0.4, 0.5) is 5.69 Å². The number of benzene rings is 2. The van der Waals surface area contributed by atoms with E-state index in [9.17, 15) is 4.21 Å². The first-order valence-corrected chi connectivity index (χ1v) is 7.39. The quantitative estimate of drug-likeness (QED) is 0.897. The second-order valence-corrected chi connectivity index (χ2v) is 6.03. The van der Waals surface area contributed by atoms with Crippen molar-refractivity contribution in [2.45, 2.75) is 0 Å². The molecule has 0 aliphatic heterocycles. The summed E-state index contributed by atoms with van der Waals surface area (Å²) in [4.78, 5) is 0. The summed E-state index contributed by atoms with van der Waals surface area (Å²) >= 11 is 4.37. The number of rotatable bonds is 3. The van der Waals surface area contributed by atoms with Crippen LogP contribution in [-0.4, -0.2) is 8.76 Å². The molecule has 0 bridgehead atoms. The van der Waals surface area contributed by atoms with Crippen molar-refractivity contribution in [2.24, 2.45) is 0 Å². The maximum atomic E-state index is 11.0. The number of nitrogens with one attached hydrogen (secondary N) is 1. The molecule has 0 saturated heterocycles. The molecule has 2 aromatic carbocycles. The third-order valence-corrected chi connectivity index (χ3v) is 2.98. The van der Waals surface area contributed by atoms with Crippen LogP contribution in [0.1, 0.15) is 0 Å². The van der Waals surface area contributed by atoms with Crippen molar-refractivity contribution in [3.05, 3.63) is 54.6 Å². The Morgan fingerprint density at radius 2 is 1.47 bits per heavy atom. The van der Waals surface area contributed by atoms with Crippen molar-refractivity contribution in [2.75, 3.05) is 4.72 Å². The van der Waals surface area contributed by atoms with E-state index in [4.69, 9.17) is 4.55 Å². The molecule has 88 valence electrons. The Balaban J connectivity index is 2.25. The normalized spacial score (nSPS) is 13.9. The molecule has 5 heteroatoms. The van der Waals surface area contributed by atoms with E-state index in [1.165, 1.54) is 0 Å². The molecule has 0 heterocycles. The molecule has 0 aliphatic carbocycles. The predicted octanol–water partition coefficient (Wildman–Crippen LogP) is 2.90. The monoisotopic (exact) mass is 265 g/mol. The summed E-state index contributed by atoms with van der Waals surface area (Å²) in [6.07, 6.45) is 0. The Morgan fingerprint density at radius 3 is 2.00 bits per heavy atom. The molecule has 0 saturated carbocycles. The van der Waals surface area contributed by atoms with Gasteiger partial charge in [0.2, 0.25) is 8.96 Å². The summed E-state index contributed by atoms with van der Waals surface area (Å²) in [5.41, 5.74) is 2.68. The summed E-state index contributed by atoms with van der Waals surface area (Å²) in [5, 5.41) is 0. The highest BCUT2D eigenvalue weighted by Gasteiger charge is 2.01. The zero-order valence-electron chi connectivity index (χ0n) is 8.87. The lowest BCUT2D eigenvalue weighted by molar-refractivity contribution is 0.567. The lowest BCUT2D eigenvalue weighted by Gasteiger charge is -2.06. The highest BCUT2D eigenvalue weighted by molar-refractivity contribution is 8.30. The fourth-order valence-corrected chi connectivity index (χ4v) is 2.23. The van der Waals surface area contributed by atoms with Crippen molar-refractivity contribution < 1.29 is 8.76 Å². The van der Waals surface area contributed by atoms with E-state index in [0.717, 1.165) is 11.1 Å². The summed E-state index contributed by atoms with van der Waals surface area (Å²) < 4.78 is 22.3. The van der Waals surface area contributed by atoms with Gasteiger partial charge in [-0.3, -0.25) is 9.27 Å². The van der Waals surface area contributed by atoms with Crippen LogP contribution in [0.5, 0.6) is 0 Å². The van der Waals surface area contributed by atoms with E-state index < -0.39 is 8.96 Å². The van der Waals surface area contributed by atoms with Crippen LogP contribution in [0.15, 0.2) is 54.6 Å². The molecule has 0 spiro atoms. The van der Waals surface area contributed by atoms with Gasteiger partial charge < -0.3 is 0 Å². The zero-order valence-corrected chi connectivity index (χ0v) is 10.5. The maximum absolute atomic E-state index is 11.0. The molecular weight excluding hydrogens is 254 g/mol. The Labute approximate surface area is 105 Å². The van der Waals surface area contributed by atoms with Crippen LogP contribution in [0.25, 0.3) is 11.1 Å². The minimum atomic E-state index is -3.37. The van der Waals surface area contributed by atoms with Crippen LogP contribution in [-0.2, 0) is 20.1 Å². The van der Waals surface area contributed by atoms with Crippen molar-refractivity contribution in [1.82, 2.24) is 0 Å². The van der Waals surface area contributed by atoms with Crippen LogP contribution in [0, 0.1) is 0 Å². The third-order valence-electron chi connectivity index (χ3n) is 2.24. The highest BCUT2D eigenvalue weighted by Crippen LogP contribution is 2.21. The molecule has 0 amide bonds. The van der Waals surface area contributed by atoms with E-state index in [1.54, 1.807) is 12.1 Å². The largest absolute Gasteiger partial charge is 0.290 e. The minimum Gasteiger partial charge on any atom is -0.290 e. The Morgan fingerprint density at radius 1 is 0.941 bits per heavy atom. The molecule has 0 aliphatic rings. The molecule has 17 heavy (non-hydrogen) atoms. The van der Waals surface area contributed by atoms with Gasteiger partial charge in [0.05, 0.1) is 0 Å². The molecule has 2 N–H and O–H groups in total. The molecule has 0 fully saturated rings. The molecule has 0 aromatic heterocycles. The second kappa shape index (κ2) is 4.83. The average Bonchev–Trinajstić information content (AvgIpc) is 2.29. The third kappa shape index (κ3) is 3.52. The SMILES string of the molecule is O=S(O)(=S)Nc1ccc(-c2ccccc2)cc1. The van der Waals surface area contributed by atoms with Gasteiger partial charge in [0, 0.05) is 16.9 Å². The Kier molecular flexibility index (Phi) is 3.42. The lowest BCUT2D eigenvalue weighted by atomic mass is 10.1. The van der Waals surface area contributed by atoms with E-state index in [1.807, 2.05) is 42.5 Å². The summed E-state index contributed by atoms with van der Waals surface area (Å²) in [7, 11) is -3.37. The number of anilines is 1. The Bertz CT molecular complexity index is 592. The Hall–Kier alpha value is -1.43. The van der Waals surface area contributed by atoms with E-state index in [2.05, 4.69) is 15.9 Å². The van der Waals surface area contributed by atoms with Gasteiger partial charge in [-0.2, -0.15) is 0 Å². The van der Waals surface area contributed by atoms with Gasteiger partial charge >= 0.3 is 0 Å². The maximum Gasteiger partial charge on any atom is 0.229 e. The fraction of sp³-hybridized carbons (Fsp3) is 0. The fourth-order valence-electron chi connectivity index (χ4n) is 1.51. The van der Waals surface area contributed by atoms with Crippen molar-refractivity contribution in [3.8, 4) is 11.1 Å². The van der Waals surface area contributed by atoms with Gasteiger partial charge in [0.1, 0.15) is 0 Å². The van der Waals surface area contributed by atoms with E-state index in [0.29, 0.717) is 5.69 Å². The van der Waals surface area contributed by atoms with Crippen LogP contribution in [0.2, 0.25) is 0 Å². The summed E-state index contributed by atoms with van der Waals surface area (Å²) in [6, 6.07) is 17.1. The van der Waals surface area contributed by atoms with Crippen LogP contribution in [0.3, 0.4) is 0 Å². The first-order chi connectivity index (χ1) is 8.04. The van der Waals surface area contributed by atoms with Gasteiger partial charge in [-0.05, 0) is 23.3 Å².